The molecule has 0 atom stereocenters. The van der Waals surface area contributed by atoms with Crippen LogP contribution >= 0.6 is 11.5 Å². The van der Waals surface area contributed by atoms with Crippen molar-refractivity contribution in [3.8, 4) is 11.4 Å². The lowest BCUT2D eigenvalue weighted by molar-refractivity contribution is -0.0461. The van der Waals surface area contributed by atoms with Gasteiger partial charge in [0.25, 0.3) is 5.92 Å². The van der Waals surface area contributed by atoms with Crippen LogP contribution < -0.4 is 5.32 Å². The number of likely N-dealkylation sites (tertiary alicyclic amines) is 1. The van der Waals surface area contributed by atoms with Gasteiger partial charge < -0.3 is 4.90 Å². The number of hydrogen-bond donors (Lipinski definition) is 1. The lowest BCUT2D eigenvalue weighted by Crippen LogP contribution is -2.44. The van der Waals surface area contributed by atoms with E-state index in [1.807, 2.05) is 30.3 Å². The van der Waals surface area contributed by atoms with Gasteiger partial charge in [0.1, 0.15) is 0 Å². The van der Waals surface area contributed by atoms with Gasteiger partial charge in [-0.05, 0) is 0 Å². The Bertz CT molecular complexity index is 652. The minimum Gasteiger partial charge on any atom is -0.324 e. The number of carbonyl (C=O) groups excluding carboxylic acids is 1. The zero-order valence-corrected chi connectivity index (χ0v) is 12.4. The Hall–Kier alpha value is -2.09. The molecule has 1 aromatic carbocycles. The quantitative estimate of drug-likeness (QED) is 0.920. The Morgan fingerprint density at radius 1 is 1.23 bits per heavy atom. The number of nitrogens with one attached hydrogen (secondary N) is 1. The molecular weight excluding hydrogens is 310 g/mol. The number of nitrogens with zero attached hydrogens (tertiary/aromatic N) is 3. The first-order valence-electron chi connectivity index (χ1n) is 6.86. The molecule has 1 N–H and O–H groups in total. The first-order valence-corrected chi connectivity index (χ1v) is 7.64. The Labute approximate surface area is 130 Å². The Balaban J connectivity index is 1.62. The third-order valence-electron chi connectivity index (χ3n) is 3.45. The Morgan fingerprint density at radius 3 is 2.59 bits per heavy atom. The highest BCUT2D eigenvalue weighted by Crippen LogP contribution is 2.28. The van der Waals surface area contributed by atoms with Crippen LogP contribution in [0, 0.1) is 0 Å². The average molecular weight is 324 g/mol. The summed E-state index contributed by atoms with van der Waals surface area (Å²) in [7, 11) is 0. The van der Waals surface area contributed by atoms with Crippen LogP contribution in [0.1, 0.15) is 12.8 Å². The summed E-state index contributed by atoms with van der Waals surface area (Å²) in [5.74, 6) is -2.13. The van der Waals surface area contributed by atoms with Crippen molar-refractivity contribution < 1.29 is 13.6 Å². The molecule has 0 spiro atoms. The van der Waals surface area contributed by atoms with Gasteiger partial charge in [0.05, 0.1) is 0 Å². The SMILES string of the molecule is O=C(Nc1nc(-c2ccccc2)ns1)N1CCC(F)(F)CC1. The van der Waals surface area contributed by atoms with Crippen molar-refractivity contribution in [3.05, 3.63) is 30.3 Å². The van der Waals surface area contributed by atoms with Gasteiger partial charge in [-0.2, -0.15) is 9.36 Å². The fraction of sp³-hybridized carbons (Fsp3) is 0.357. The normalized spacial score (nSPS) is 17.3. The van der Waals surface area contributed by atoms with Crippen molar-refractivity contribution in [1.82, 2.24) is 14.3 Å². The maximum atomic E-state index is 13.1. The zero-order valence-electron chi connectivity index (χ0n) is 11.6. The zero-order chi connectivity index (χ0) is 15.6. The van der Waals surface area contributed by atoms with Crippen molar-refractivity contribution in [2.24, 2.45) is 0 Å². The van der Waals surface area contributed by atoms with E-state index >= 15 is 0 Å². The van der Waals surface area contributed by atoms with E-state index in [0.717, 1.165) is 17.1 Å². The van der Waals surface area contributed by atoms with Gasteiger partial charge >= 0.3 is 6.03 Å². The molecule has 0 unspecified atom stereocenters. The van der Waals surface area contributed by atoms with E-state index in [1.165, 1.54) is 4.90 Å². The molecular formula is C14H14F2N4OS. The number of benzene rings is 1. The van der Waals surface area contributed by atoms with Crippen LogP contribution in [0.2, 0.25) is 0 Å². The number of hydrogen-bond acceptors (Lipinski definition) is 4. The molecule has 0 bridgehead atoms. The molecule has 1 fully saturated rings. The Morgan fingerprint density at radius 2 is 1.91 bits per heavy atom. The molecule has 0 saturated carbocycles. The molecule has 2 heterocycles. The van der Waals surface area contributed by atoms with Gasteiger partial charge in [0.15, 0.2) is 5.82 Å². The number of carbonyl (C=O) groups is 1. The summed E-state index contributed by atoms with van der Waals surface area (Å²) in [6.07, 6.45) is -0.600. The second-order valence-corrected chi connectivity index (χ2v) is 5.81. The monoisotopic (exact) mass is 324 g/mol. The second kappa shape index (κ2) is 5.96. The van der Waals surface area contributed by atoms with Crippen LogP contribution in [0.25, 0.3) is 11.4 Å². The minimum absolute atomic E-state index is 0.0448. The van der Waals surface area contributed by atoms with Crippen molar-refractivity contribution >= 4 is 22.7 Å². The summed E-state index contributed by atoms with van der Waals surface area (Å²) in [5, 5.41) is 2.98. The first kappa shape index (κ1) is 14.8. The minimum atomic E-state index is -2.67. The van der Waals surface area contributed by atoms with Crippen LogP contribution in [0.4, 0.5) is 18.7 Å². The number of piperidine rings is 1. The molecule has 1 aliphatic rings. The molecule has 2 aromatic rings. The number of aromatic nitrogens is 2. The third kappa shape index (κ3) is 3.38. The van der Waals surface area contributed by atoms with Crippen molar-refractivity contribution in [1.29, 1.82) is 0 Å². The van der Waals surface area contributed by atoms with Crippen molar-refractivity contribution in [2.45, 2.75) is 18.8 Å². The van der Waals surface area contributed by atoms with Crippen molar-refractivity contribution in [3.63, 3.8) is 0 Å². The standard InChI is InChI=1S/C14H14F2N4OS/c15-14(16)6-8-20(9-7-14)13(21)18-12-17-11(19-22-12)10-4-2-1-3-5-10/h1-5H,6-9H2,(H,17,18,19,21). The average Bonchev–Trinajstić information content (AvgIpc) is 2.96. The van der Waals surface area contributed by atoms with Gasteiger partial charge in [-0.3, -0.25) is 5.32 Å². The maximum absolute atomic E-state index is 13.1. The predicted molar refractivity (Wildman–Crippen MR) is 80.1 cm³/mol. The summed E-state index contributed by atoms with van der Waals surface area (Å²) >= 11 is 1.07. The van der Waals surface area contributed by atoms with Crippen LogP contribution in [0.3, 0.4) is 0 Å². The molecule has 1 aliphatic heterocycles. The molecule has 0 aliphatic carbocycles. The highest BCUT2D eigenvalue weighted by Gasteiger charge is 2.35. The smallest absolute Gasteiger partial charge is 0.323 e. The van der Waals surface area contributed by atoms with E-state index in [-0.39, 0.29) is 25.9 Å². The second-order valence-electron chi connectivity index (χ2n) is 5.06. The van der Waals surface area contributed by atoms with E-state index in [9.17, 15) is 13.6 Å². The van der Waals surface area contributed by atoms with E-state index < -0.39 is 12.0 Å². The van der Waals surface area contributed by atoms with E-state index in [1.54, 1.807) is 0 Å². The number of urea groups is 1. The molecule has 1 aromatic heterocycles. The summed E-state index contributed by atoms with van der Waals surface area (Å²) in [6, 6.07) is 8.99. The first-order chi connectivity index (χ1) is 10.5. The van der Waals surface area contributed by atoms with E-state index in [4.69, 9.17) is 0 Å². The molecule has 0 radical (unpaired) electrons. The van der Waals surface area contributed by atoms with Crippen LogP contribution in [-0.2, 0) is 0 Å². The molecule has 5 nitrogen and oxygen atoms in total. The lowest BCUT2D eigenvalue weighted by Gasteiger charge is -2.31. The highest BCUT2D eigenvalue weighted by molar-refractivity contribution is 7.10. The summed E-state index contributed by atoms with van der Waals surface area (Å²) in [4.78, 5) is 17.7. The van der Waals surface area contributed by atoms with Gasteiger partial charge in [-0.1, -0.05) is 30.3 Å². The van der Waals surface area contributed by atoms with Gasteiger partial charge in [0, 0.05) is 43.0 Å². The molecule has 1 saturated heterocycles. The fourth-order valence-corrected chi connectivity index (χ4v) is 2.77. The summed E-state index contributed by atoms with van der Waals surface area (Å²) < 4.78 is 30.3. The van der Waals surface area contributed by atoms with Gasteiger partial charge in [0.2, 0.25) is 5.13 Å². The fourth-order valence-electron chi connectivity index (χ4n) is 2.19. The Kier molecular flexibility index (Phi) is 4.02. The maximum Gasteiger partial charge on any atom is 0.323 e. The van der Waals surface area contributed by atoms with Gasteiger partial charge in [-0.25, -0.2) is 13.6 Å². The molecule has 8 heteroatoms. The molecule has 3 rings (SSSR count). The lowest BCUT2D eigenvalue weighted by atomic mass is 10.1. The van der Waals surface area contributed by atoms with E-state index in [2.05, 4.69) is 14.7 Å². The number of rotatable bonds is 2. The third-order valence-corrected chi connectivity index (χ3v) is 4.08. The number of halogens is 2. The van der Waals surface area contributed by atoms with E-state index in [0.29, 0.717) is 11.0 Å². The molecule has 2 amide bonds. The predicted octanol–water partition coefficient (Wildman–Crippen LogP) is 3.47. The van der Waals surface area contributed by atoms with Crippen LogP contribution in [-0.4, -0.2) is 39.3 Å². The van der Waals surface area contributed by atoms with Gasteiger partial charge in [-0.15, -0.1) is 0 Å². The topological polar surface area (TPSA) is 58.1 Å². The number of amides is 2. The molecule has 116 valence electrons. The number of alkyl halides is 2. The largest absolute Gasteiger partial charge is 0.324 e. The van der Waals surface area contributed by atoms with Crippen LogP contribution in [0.5, 0.6) is 0 Å². The van der Waals surface area contributed by atoms with Crippen LogP contribution in [0.15, 0.2) is 30.3 Å². The number of anilines is 1. The highest BCUT2D eigenvalue weighted by atomic mass is 32.1. The molecule has 22 heavy (non-hydrogen) atoms. The summed E-state index contributed by atoms with van der Waals surface area (Å²) in [6.45, 7) is 0.0896. The van der Waals surface area contributed by atoms with Crippen molar-refractivity contribution in [2.75, 3.05) is 18.4 Å². The summed E-state index contributed by atoms with van der Waals surface area (Å²) in [5.41, 5.74) is 0.858.